The summed E-state index contributed by atoms with van der Waals surface area (Å²) in [5.74, 6) is -1.40. The average molecular weight is 850 g/mol. The van der Waals surface area contributed by atoms with E-state index in [9.17, 15) is 19.2 Å². The van der Waals surface area contributed by atoms with Gasteiger partial charge in [0.15, 0.2) is 0 Å². The van der Waals surface area contributed by atoms with Crippen molar-refractivity contribution in [2.45, 2.75) is 143 Å². The number of nitrogens with two attached hydrogens (primary N) is 1. The van der Waals surface area contributed by atoms with Crippen molar-refractivity contribution in [3.63, 3.8) is 0 Å². The fourth-order valence-corrected chi connectivity index (χ4v) is 8.88. The van der Waals surface area contributed by atoms with Crippen molar-refractivity contribution in [1.29, 1.82) is 0 Å². The minimum absolute atomic E-state index is 0.0432. The molecule has 13 heteroatoms. The van der Waals surface area contributed by atoms with E-state index in [-0.39, 0.29) is 59.6 Å². The Balaban J connectivity index is 1.81. The molecular formula is C48H79N7O6. The Morgan fingerprint density at radius 3 is 2.21 bits per heavy atom. The van der Waals surface area contributed by atoms with Gasteiger partial charge >= 0.3 is 0 Å². The molecule has 0 spiro atoms. The maximum Gasteiger partial charge on any atom is 0.247 e. The first-order valence-electron chi connectivity index (χ1n) is 22.6. The number of methoxy groups -OCH3 is 1. The topological polar surface area (TPSA) is 167 Å². The lowest BCUT2D eigenvalue weighted by Crippen LogP contribution is -2.59. The number of ether oxygens (including phenoxy) is 2. The molecule has 9 atom stereocenters. The minimum atomic E-state index is -0.834. The lowest BCUT2D eigenvalue weighted by molar-refractivity contribution is -0.144. The highest BCUT2D eigenvalue weighted by atomic mass is 16.5. The lowest BCUT2D eigenvalue weighted by atomic mass is 9.89. The van der Waals surface area contributed by atoms with Crippen LogP contribution in [0.5, 0.6) is 0 Å². The number of likely N-dealkylation sites (tertiary alicyclic amines) is 1. The summed E-state index contributed by atoms with van der Waals surface area (Å²) >= 11 is 0. The van der Waals surface area contributed by atoms with Crippen LogP contribution in [0.25, 0.3) is 0 Å². The van der Waals surface area contributed by atoms with Crippen molar-refractivity contribution in [2.24, 2.45) is 23.7 Å². The van der Waals surface area contributed by atoms with Crippen LogP contribution >= 0.6 is 0 Å². The molecule has 0 saturated carbocycles. The number of anilines is 2. The highest BCUT2D eigenvalue weighted by Gasteiger charge is 2.41. The molecule has 1 saturated heterocycles. The molecule has 1 aromatic rings. The number of carbonyl (C=O) groups excluding carboxylic acids is 4. The summed E-state index contributed by atoms with van der Waals surface area (Å²) in [5.41, 5.74) is 9.12. The third-order valence-corrected chi connectivity index (χ3v) is 12.5. The second-order valence-electron chi connectivity index (χ2n) is 17.8. The van der Waals surface area contributed by atoms with Crippen LogP contribution in [0.2, 0.25) is 0 Å². The third-order valence-electron chi connectivity index (χ3n) is 12.5. The lowest BCUT2D eigenvalue weighted by Gasteiger charge is -2.41. The summed E-state index contributed by atoms with van der Waals surface area (Å²) in [6, 6.07) is 4.72. The fourth-order valence-electron chi connectivity index (χ4n) is 8.88. The van der Waals surface area contributed by atoms with Crippen molar-refractivity contribution < 1.29 is 28.7 Å². The fraction of sp³-hybridized carbons (Fsp3) is 0.667. The summed E-state index contributed by atoms with van der Waals surface area (Å²) in [7, 11) is 5.26. The number of hydrogen-bond acceptors (Lipinski definition) is 9. The van der Waals surface area contributed by atoms with E-state index in [1.165, 1.54) is 0 Å². The van der Waals surface area contributed by atoms with E-state index >= 15 is 0 Å². The van der Waals surface area contributed by atoms with Gasteiger partial charge in [-0.15, -0.1) is 0 Å². The van der Waals surface area contributed by atoms with E-state index in [1.54, 1.807) is 38.4 Å². The standard InChI is InChI=1S/C48H79N7O6/c1-13-33(8)43(54(11)48(59)42(31(5)6)53-47(58)41(50-10)30(3)4)40(61-14-2)25-27-55-26-17-20-39(55)44(60-12)34(9)45(56)52-38(29-35-19-16-15-18-32(7)28-35)46(57)51-37-23-21-36(49)22-24-37/h16,18-19,21-24,28,30-31,33-34,38-44,50H,13-15,17,20,25-27,29,49H2,1-12H3,(H,51,57)(H,52,56)(H,53,58)/t33?,34?,38?,39?,40?,41?,42-,43?,44?/m0/s1. The smallest absolute Gasteiger partial charge is 0.247 e. The van der Waals surface area contributed by atoms with Gasteiger partial charge in [0.25, 0.3) is 0 Å². The predicted molar refractivity (Wildman–Crippen MR) is 247 cm³/mol. The van der Waals surface area contributed by atoms with E-state index in [0.717, 1.165) is 43.4 Å². The summed E-state index contributed by atoms with van der Waals surface area (Å²) in [4.78, 5) is 59.9. The largest absolute Gasteiger partial charge is 0.399 e. The summed E-state index contributed by atoms with van der Waals surface area (Å²) in [6.07, 6.45) is 12.0. The molecule has 0 aromatic heterocycles. The number of nitrogens with one attached hydrogen (secondary N) is 4. The number of allylic oxidation sites excluding steroid dienone is 5. The second-order valence-corrected chi connectivity index (χ2v) is 17.8. The van der Waals surface area contributed by atoms with Crippen molar-refractivity contribution in [2.75, 3.05) is 52.0 Å². The number of likely N-dealkylation sites (N-methyl/N-ethyl adjacent to an activating group) is 2. The number of amides is 4. The molecule has 2 aliphatic rings. The molecule has 8 unspecified atom stereocenters. The molecule has 13 nitrogen and oxygen atoms in total. The number of nitrogens with zero attached hydrogens (tertiary/aromatic N) is 2. The molecule has 4 amide bonds. The number of nitrogen functional groups attached to an aromatic ring is 1. The van der Waals surface area contributed by atoms with Gasteiger partial charge in [0.1, 0.15) is 12.1 Å². The molecule has 0 bridgehead atoms. The van der Waals surface area contributed by atoms with E-state index < -0.39 is 30.1 Å². The van der Waals surface area contributed by atoms with E-state index in [0.29, 0.717) is 37.4 Å². The Morgan fingerprint density at radius 2 is 1.62 bits per heavy atom. The van der Waals surface area contributed by atoms with Gasteiger partial charge in [-0.25, -0.2) is 0 Å². The Kier molecular flexibility index (Phi) is 21.2. The van der Waals surface area contributed by atoms with Crippen molar-refractivity contribution >= 4 is 35.0 Å². The number of rotatable bonds is 24. The number of carbonyl (C=O) groups is 4. The summed E-state index contributed by atoms with van der Waals surface area (Å²) in [5, 5.41) is 12.2. The van der Waals surface area contributed by atoms with E-state index in [4.69, 9.17) is 15.2 Å². The molecule has 61 heavy (non-hydrogen) atoms. The Labute approximate surface area is 367 Å². The molecule has 1 aliphatic heterocycles. The van der Waals surface area contributed by atoms with Crippen LogP contribution in [0.4, 0.5) is 11.4 Å². The van der Waals surface area contributed by atoms with Gasteiger partial charge in [0.05, 0.1) is 30.2 Å². The molecular weight excluding hydrogens is 771 g/mol. The Bertz CT molecular complexity index is 1660. The molecule has 342 valence electrons. The first-order chi connectivity index (χ1) is 29.0. The van der Waals surface area contributed by atoms with Crippen LogP contribution in [0.15, 0.2) is 59.7 Å². The van der Waals surface area contributed by atoms with Crippen LogP contribution in [0, 0.1) is 23.7 Å². The highest BCUT2D eigenvalue weighted by molar-refractivity contribution is 5.98. The monoisotopic (exact) mass is 850 g/mol. The quantitative estimate of drug-likeness (QED) is 0.0775. The van der Waals surface area contributed by atoms with Crippen molar-refractivity contribution in [3.8, 4) is 0 Å². The maximum atomic E-state index is 14.3. The molecule has 1 heterocycles. The molecule has 3 rings (SSSR count). The van der Waals surface area contributed by atoms with Crippen LogP contribution in [0.3, 0.4) is 0 Å². The molecule has 0 radical (unpaired) electrons. The number of benzene rings is 1. The molecule has 1 aromatic carbocycles. The third kappa shape index (κ3) is 14.8. The zero-order valence-corrected chi connectivity index (χ0v) is 39.3. The van der Waals surface area contributed by atoms with Gasteiger partial charge in [-0.05, 0) is 101 Å². The summed E-state index contributed by atoms with van der Waals surface area (Å²) < 4.78 is 12.7. The van der Waals surface area contributed by atoms with Gasteiger partial charge in [0.2, 0.25) is 23.6 Å². The maximum absolute atomic E-state index is 14.3. The zero-order chi connectivity index (χ0) is 45.4. The van der Waals surface area contributed by atoms with Crippen LogP contribution < -0.4 is 27.0 Å². The van der Waals surface area contributed by atoms with Crippen molar-refractivity contribution in [3.05, 3.63) is 59.7 Å². The highest BCUT2D eigenvalue weighted by Crippen LogP contribution is 2.30. The molecule has 1 aliphatic carbocycles. The second kappa shape index (κ2) is 25.2. The van der Waals surface area contributed by atoms with Crippen molar-refractivity contribution in [1.82, 2.24) is 25.8 Å². The van der Waals surface area contributed by atoms with E-state index in [1.807, 2.05) is 66.5 Å². The predicted octanol–water partition coefficient (Wildman–Crippen LogP) is 6.08. The van der Waals surface area contributed by atoms with E-state index in [2.05, 4.69) is 58.2 Å². The Morgan fingerprint density at radius 1 is 0.951 bits per heavy atom. The first-order valence-corrected chi connectivity index (χ1v) is 22.6. The molecule has 6 N–H and O–H groups in total. The van der Waals surface area contributed by atoms with Crippen LogP contribution in [-0.2, 0) is 28.7 Å². The summed E-state index contributed by atoms with van der Waals surface area (Å²) in [6.45, 7) is 20.1. The first kappa shape index (κ1) is 51.3. The van der Waals surface area contributed by atoms with Gasteiger partial charge < -0.3 is 41.4 Å². The average Bonchev–Trinajstić information content (AvgIpc) is 3.58. The number of hydrogen-bond donors (Lipinski definition) is 5. The van der Waals surface area contributed by atoms with Gasteiger partial charge in [-0.1, -0.05) is 84.8 Å². The Hall–Kier alpha value is -4.04. The zero-order valence-electron chi connectivity index (χ0n) is 39.3. The molecule has 1 fully saturated rings. The minimum Gasteiger partial charge on any atom is -0.399 e. The SMILES string of the molecule is CCOC(CCN1CCCC1C(OC)C(C)C(=O)NC(CC1=CC(C)=CCC=C1)C(=O)Nc1ccc(N)cc1)C(C(C)CC)N(C)C(=O)[C@@H](NC(=O)C(NC)C(C)C)C(C)C. The van der Waals surface area contributed by atoms with Gasteiger partial charge in [-0.3, -0.25) is 24.1 Å². The van der Waals surface area contributed by atoms with Crippen LogP contribution in [-0.4, -0.2) is 117 Å². The van der Waals surface area contributed by atoms with Crippen LogP contribution in [0.1, 0.15) is 101 Å². The van der Waals surface area contributed by atoms with Gasteiger partial charge in [0, 0.05) is 51.1 Å². The van der Waals surface area contributed by atoms with Gasteiger partial charge in [-0.2, -0.15) is 0 Å². The normalized spacial score (nSPS) is 19.7.